The molecule has 0 bridgehead atoms. The summed E-state index contributed by atoms with van der Waals surface area (Å²) in [7, 11) is 0. The van der Waals surface area contributed by atoms with Crippen molar-refractivity contribution in [1.82, 2.24) is 9.97 Å². The molecule has 1 aromatic heterocycles. The molecule has 0 radical (unpaired) electrons. The molecule has 0 saturated carbocycles. The average molecular weight is 444 g/mol. The molecule has 150 valence electrons. The number of carbonyl (C=O) groups excluding carboxylic acids is 1. The molecular formula is C18H10Cl2F3N3O3. The minimum atomic E-state index is -4.81. The summed E-state index contributed by atoms with van der Waals surface area (Å²) in [6.45, 7) is 0. The molecule has 11 heteroatoms. The van der Waals surface area contributed by atoms with Crippen molar-refractivity contribution < 1.29 is 27.4 Å². The first-order valence-electron chi connectivity index (χ1n) is 7.80. The summed E-state index contributed by atoms with van der Waals surface area (Å²) in [5, 5.41) is 2.81. The maximum absolute atomic E-state index is 12.6. The largest absolute Gasteiger partial charge is 0.573 e. The molecule has 0 aliphatic heterocycles. The molecule has 0 fully saturated rings. The van der Waals surface area contributed by atoms with E-state index in [4.69, 9.17) is 27.9 Å². The van der Waals surface area contributed by atoms with Crippen LogP contribution in [0.4, 0.5) is 18.9 Å². The Labute approximate surface area is 172 Å². The molecule has 0 unspecified atom stereocenters. The lowest BCUT2D eigenvalue weighted by molar-refractivity contribution is -0.274. The fraction of sp³-hybridized carbons (Fsp3) is 0.0556. The number of aromatic nitrogens is 2. The Morgan fingerprint density at radius 3 is 2.17 bits per heavy atom. The second-order valence-corrected chi connectivity index (χ2v) is 6.28. The van der Waals surface area contributed by atoms with E-state index in [9.17, 15) is 18.0 Å². The zero-order valence-corrected chi connectivity index (χ0v) is 15.7. The van der Waals surface area contributed by atoms with Crippen molar-refractivity contribution in [3.63, 3.8) is 0 Å². The number of nitrogens with one attached hydrogen (secondary N) is 1. The lowest BCUT2D eigenvalue weighted by atomic mass is 10.2. The van der Waals surface area contributed by atoms with Crippen LogP contribution in [-0.2, 0) is 0 Å². The number of nitrogens with zero attached hydrogens (tertiary/aromatic N) is 2. The van der Waals surface area contributed by atoms with Crippen LogP contribution in [0.3, 0.4) is 0 Å². The lowest BCUT2D eigenvalue weighted by Gasteiger charge is -2.14. The Bertz CT molecular complexity index is 1020. The smallest absolute Gasteiger partial charge is 0.456 e. The first-order valence-corrected chi connectivity index (χ1v) is 8.56. The summed E-state index contributed by atoms with van der Waals surface area (Å²) in [5.74, 6) is -0.806. The molecule has 6 nitrogen and oxygen atoms in total. The number of benzene rings is 2. The summed E-state index contributed by atoms with van der Waals surface area (Å²) < 4.78 is 46.2. The maximum Gasteiger partial charge on any atom is 0.573 e. The number of rotatable bonds is 5. The van der Waals surface area contributed by atoms with E-state index in [0.29, 0.717) is 5.69 Å². The van der Waals surface area contributed by atoms with Crippen LogP contribution in [0.2, 0.25) is 10.0 Å². The standard InChI is InChI=1S/C18H10Cl2F3N3O3/c19-14-5-13(17(27)26-10-7-24-9-25-8-10)16(6-15(14)20)28-11-1-3-12(4-2-11)29-18(21,22)23/h1-9H,(H,26,27). The van der Waals surface area contributed by atoms with Crippen LogP contribution in [0.25, 0.3) is 0 Å². The second-order valence-electron chi connectivity index (χ2n) is 5.47. The Hall–Kier alpha value is -3.04. The van der Waals surface area contributed by atoms with Crippen LogP contribution in [0, 0.1) is 0 Å². The minimum Gasteiger partial charge on any atom is -0.456 e. The molecule has 0 aliphatic rings. The van der Waals surface area contributed by atoms with Crippen molar-refractivity contribution in [3.05, 3.63) is 70.7 Å². The van der Waals surface area contributed by atoms with Gasteiger partial charge in [0.2, 0.25) is 0 Å². The molecular weight excluding hydrogens is 434 g/mol. The van der Waals surface area contributed by atoms with Gasteiger partial charge in [0.15, 0.2) is 0 Å². The highest BCUT2D eigenvalue weighted by molar-refractivity contribution is 6.42. The molecule has 1 amide bonds. The average Bonchev–Trinajstić information content (AvgIpc) is 2.65. The summed E-state index contributed by atoms with van der Waals surface area (Å²) in [5.41, 5.74) is 0.377. The van der Waals surface area contributed by atoms with Crippen LogP contribution < -0.4 is 14.8 Å². The van der Waals surface area contributed by atoms with Crippen molar-refractivity contribution in [3.8, 4) is 17.2 Å². The van der Waals surface area contributed by atoms with Crippen LogP contribution in [0.15, 0.2) is 55.1 Å². The molecule has 0 spiro atoms. The lowest BCUT2D eigenvalue weighted by Crippen LogP contribution is -2.16. The van der Waals surface area contributed by atoms with Crippen molar-refractivity contribution >= 4 is 34.8 Å². The van der Waals surface area contributed by atoms with E-state index in [1.165, 1.54) is 43.0 Å². The van der Waals surface area contributed by atoms with Crippen LogP contribution in [0.1, 0.15) is 10.4 Å². The summed E-state index contributed by atoms with van der Waals surface area (Å²) >= 11 is 12.0. The highest BCUT2D eigenvalue weighted by Crippen LogP contribution is 2.35. The topological polar surface area (TPSA) is 73.3 Å². The third kappa shape index (κ3) is 5.72. The molecule has 0 atom stereocenters. The van der Waals surface area contributed by atoms with E-state index in [2.05, 4.69) is 20.0 Å². The van der Waals surface area contributed by atoms with Crippen LogP contribution in [-0.4, -0.2) is 22.2 Å². The van der Waals surface area contributed by atoms with Crippen molar-refractivity contribution in [1.29, 1.82) is 0 Å². The van der Waals surface area contributed by atoms with Gasteiger partial charge in [-0.25, -0.2) is 9.97 Å². The van der Waals surface area contributed by atoms with Gasteiger partial charge in [-0.05, 0) is 30.3 Å². The van der Waals surface area contributed by atoms with Crippen LogP contribution in [0.5, 0.6) is 17.2 Å². The highest BCUT2D eigenvalue weighted by Gasteiger charge is 2.31. The van der Waals surface area contributed by atoms with Gasteiger partial charge in [0.1, 0.15) is 23.6 Å². The van der Waals surface area contributed by atoms with Gasteiger partial charge < -0.3 is 14.8 Å². The van der Waals surface area contributed by atoms with E-state index in [-0.39, 0.29) is 27.1 Å². The van der Waals surface area contributed by atoms with Crippen LogP contribution >= 0.6 is 23.2 Å². The van der Waals surface area contributed by atoms with Crippen molar-refractivity contribution in [2.75, 3.05) is 5.32 Å². The first-order chi connectivity index (χ1) is 13.7. The van der Waals surface area contributed by atoms with Gasteiger partial charge in [0.25, 0.3) is 5.91 Å². The van der Waals surface area contributed by atoms with Gasteiger partial charge in [0, 0.05) is 6.07 Å². The molecule has 1 heterocycles. The maximum atomic E-state index is 12.6. The second kappa shape index (κ2) is 8.54. The third-order valence-electron chi connectivity index (χ3n) is 3.37. The minimum absolute atomic E-state index is 0.0400. The van der Waals surface area contributed by atoms with Crippen molar-refractivity contribution in [2.45, 2.75) is 6.36 Å². The van der Waals surface area contributed by atoms with E-state index in [1.807, 2.05) is 0 Å². The Balaban J connectivity index is 1.85. The number of anilines is 1. The van der Waals surface area contributed by atoms with Gasteiger partial charge in [-0.1, -0.05) is 23.2 Å². The first kappa shape index (κ1) is 20.7. The normalized spacial score (nSPS) is 11.1. The molecule has 3 rings (SSSR count). The molecule has 29 heavy (non-hydrogen) atoms. The van der Waals surface area contributed by atoms with Crippen molar-refractivity contribution in [2.24, 2.45) is 0 Å². The number of hydrogen-bond acceptors (Lipinski definition) is 5. The molecule has 2 aromatic carbocycles. The zero-order valence-electron chi connectivity index (χ0n) is 14.2. The quantitative estimate of drug-likeness (QED) is 0.545. The predicted octanol–water partition coefficient (Wildman–Crippen LogP) is 5.73. The van der Waals surface area contributed by atoms with E-state index in [0.717, 1.165) is 12.1 Å². The van der Waals surface area contributed by atoms with E-state index < -0.39 is 18.0 Å². The summed E-state index contributed by atoms with van der Waals surface area (Å²) in [4.78, 5) is 20.2. The SMILES string of the molecule is O=C(Nc1cncnc1)c1cc(Cl)c(Cl)cc1Oc1ccc(OC(F)(F)F)cc1. The van der Waals surface area contributed by atoms with Gasteiger partial charge in [-0.2, -0.15) is 0 Å². The Morgan fingerprint density at radius 2 is 1.55 bits per heavy atom. The monoisotopic (exact) mass is 443 g/mol. The molecule has 1 N–H and O–H groups in total. The zero-order chi connectivity index (χ0) is 21.0. The third-order valence-corrected chi connectivity index (χ3v) is 4.09. The number of hydrogen-bond donors (Lipinski definition) is 1. The van der Waals surface area contributed by atoms with Gasteiger partial charge in [0.05, 0.1) is 33.7 Å². The molecule has 0 saturated heterocycles. The molecule has 3 aromatic rings. The van der Waals surface area contributed by atoms with E-state index in [1.54, 1.807) is 0 Å². The molecule has 0 aliphatic carbocycles. The van der Waals surface area contributed by atoms with Gasteiger partial charge in [-0.15, -0.1) is 13.2 Å². The Morgan fingerprint density at radius 1 is 0.966 bits per heavy atom. The number of alkyl halides is 3. The fourth-order valence-corrected chi connectivity index (χ4v) is 2.51. The summed E-state index contributed by atoms with van der Waals surface area (Å²) in [6.07, 6.45) is -0.724. The van der Waals surface area contributed by atoms with Gasteiger partial charge in [-0.3, -0.25) is 4.79 Å². The predicted molar refractivity (Wildman–Crippen MR) is 99.6 cm³/mol. The number of carbonyl (C=O) groups is 1. The Kier molecular flexibility index (Phi) is 6.09. The number of halogens is 5. The van der Waals surface area contributed by atoms with E-state index >= 15 is 0 Å². The number of ether oxygens (including phenoxy) is 2. The fourth-order valence-electron chi connectivity index (χ4n) is 2.19. The number of amides is 1. The van der Waals surface area contributed by atoms with Gasteiger partial charge >= 0.3 is 6.36 Å². The highest BCUT2D eigenvalue weighted by atomic mass is 35.5. The summed E-state index contributed by atoms with van der Waals surface area (Å²) in [6, 6.07) is 7.26.